The number of carbonyl (C=O) groups excluding carboxylic acids is 1. The molecule has 0 aromatic heterocycles. The molecule has 0 bridgehead atoms. The predicted octanol–water partition coefficient (Wildman–Crippen LogP) is 1.61. The molecule has 1 aromatic rings. The molecule has 0 aliphatic carbocycles. The topological polar surface area (TPSA) is 53.3 Å². The quantitative estimate of drug-likeness (QED) is 0.792. The van der Waals surface area contributed by atoms with Gasteiger partial charge in [0.1, 0.15) is 11.8 Å². The van der Waals surface area contributed by atoms with Crippen LogP contribution in [0.15, 0.2) is 24.3 Å². The molecule has 0 aliphatic heterocycles. The fraction of sp³-hybridized carbons (Fsp3) is 0.385. The van der Waals surface area contributed by atoms with E-state index in [0.717, 1.165) is 11.3 Å². The molecule has 0 aliphatic rings. The Kier molecular flexibility index (Phi) is 4.53. The molecule has 1 aromatic carbocycles. The van der Waals surface area contributed by atoms with Crippen molar-refractivity contribution in [2.75, 3.05) is 14.2 Å². The lowest BCUT2D eigenvalue weighted by atomic mass is 10.1. The number of carbonyl (C=O) groups is 1. The number of methoxy groups -OCH3 is 1. The van der Waals surface area contributed by atoms with Crippen molar-refractivity contribution in [3.05, 3.63) is 29.8 Å². The standard InChI is InChI=1S/C13H16N2O2/c1-10(9-14)15(2)13(16)8-11-5-4-6-12(7-11)17-3/h4-7,10H,8H2,1-3H3. The van der Waals surface area contributed by atoms with Gasteiger partial charge in [-0.3, -0.25) is 4.79 Å². The van der Waals surface area contributed by atoms with Gasteiger partial charge in [-0.1, -0.05) is 12.1 Å². The lowest BCUT2D eigenvalue weighted by molar-refractivity contribution is -0.130. The van der Waals surface area contributed by atoms with E-state index in [4.69, 9.17) is 10.00 Å². The normalized spacial score (nSPS) is 11.4. The zero-order chi connectivity index (χ0) is 12.8. The second kappa shape index (κ2) is 5.90. The molecule has 0 spiro atoms. The van der Waals surface area contributed by atoms with E-state index in [2.05, 4.69) is 0 Å². The van der Waals surface area contributed by atoms with Crippen molar-refractivity contribution in [1.29, 1.82) is 5.26 Å². The van der Waals surface area contributed by atoms with Crippen LogP contribution in [0.5, 0.6) is 5.75 Å². The highest BCUT2D eigenvalue weighted by atomic mass is 16.5. The van der Waals surface area contributed by atoms with Gasteiger partial charge in [0, 0.05) is 7.05 Å². The number of hydrogen-bond acceptors (Lipinski definition) is 3. The maximum atomic E-state index is 11.8. The molecule has 1 amide bonds. The minimum Gasteiger partial charge on any atom is -0.497 e. The number of benzene rings is 1. The van der Waals surface area contributed by atoms with Gasteiger partial charge in [-0.2, -0.15) is 5.26 Å². The van der Waals surface area contributed by atoms with E-state index < -0.39 is 6.04 Å². The molecule has 0 heterocycles. The first-order valence-electron chi connectivity index (χ1n) is 5.36. The van der Waals surface area contributed by atoms with Crippen LogP contribution in [0.25, 0.3) is 0 Å². The van der Waals surface area contributed by atoms with Gasteiger partial charge >= 0.3 is 0 Å². The first kappa shape index (κ1) is 13.0. The van der Waals surface area contributed by atoms with E-state index in [1.54, 1.807) is 21.1 Å². The van der Waals surface area contributed by atoms with Crippen LogP contribution >= 0.6 is 0 Å². The highest BCUT2D eigenvalue weighted by molar-refractivity contribution is 5.79. The van der Waals surface area contributed by atoms with Gasteiger partial charge in [0.2, 0.25) is 5.91 Å². The summed E-state index contributed by atoms with van der Waals surface area (Å²) >= 11 is 0. The third-order valence-corrected chi connectivity index (χ3v) is 2.65. The number of nitriles is 1. The highest BCUT2D eigenvalue weighted by Crippen LogP contribution is 2.13. The van der Waals surface area contributed by atoms with Gasteiger partial charge in [-0.25, -0.2) is 0 Å². The van der Waals surface area contributed by atoms with Crippen molar-refractivity contribution in [3.8, 4) is 11.8 Å². The molecule has 1 rings (SSSR count). The molecule has 0 saturated carbocycles. The van der Waals surface area contributed by atoms with E-state index in [0.29, 0.717) is 0 Å². The first-order valence-corrected chi connectivity index (χ1v) is 5.36. The average Bonchev–Trinajstić information content (AvgIpc) is 2.37. The highest BCUT2D eigenvalue weighted by Gasteiger charge is 2.15. The van der Waals surface area contributed by atoms with Crippen molar-refractivity contribution < 1.29 is 9.53 Å². The van der Waals surface area contributed by atoms with Gasteiger partial charge < -0.3 is 9.64 Å². The van der Waals surface area contributed by atoms with Gasteiger partial charge in [0.05, 0.1) is 19.6 Å². The van der Waals surface area contributed by atoms with Crippen LogP contribution in [0.2, 0.25) is 0 Å². The summed E-state index contributed by atoms with van der Waals surface area (Å²) in [5.41, 5.74) is 0.881. The Hall–Kier alpha value is -2.02. The van der Waals surface area contributed by atoms with Crippen LogP contribution in [0, 0.1) is 11.3 Å². The van der Waals surface area contributed by atoms with Crippen molar-refractivity contribution in [3.63, 3.8) is 0 Å². The van der Waals surface area contributed by atoms with Crippen molar-refractivity contribution >= 4 is 5.91 Å². The SMILES string of the molecule is COc1cccc(CC(=O)N(C)C(C)C#N)c1. The monoisotopic (exact) mass is 232 g/mol. The lowest BCUT2D eigenvalue weighted by Crippen LogP contribution is -2.35. The van der Waals surface area contributed by atoms with E-state index in [1.165, 1.54) is 4.90 Å². The Morgan fingerprint density at radius 1 is 1.59 bits per heavy atom. The second-order valence-electron chi connectivity index (χ2n) is 3.84. The molecule has 0 N–H and O–H groups in total. The Morgan fingerprint density at radius 2 is 2.29 bits per heavy atom. The van der Waals surface area contributed by atoms with E-state index in [1.807, 2.05) is 30.3 Å². The van der Waals surface area contributed by atoms with Crippen LogP contribution < -0.4 is 4.74 Å². The van der Waals surface area contributed by atoms with Crippen LogP contribution in [-0.4, -0.2) is 31.0 Å². The molecule has 0 fully saturated rings. The fourth-order valence-corrected chi connectivity index (χ4v) is 1.38. The number of rotatable bonds is 4. The zero-order valence-corrected chi connectivity index (χ0v) is 10.3. The Bertz CT molecular complexity index is 437. The average molecular weight is 232 g/mol. The molecule has 1 unspecified atom stereocenters. The molecule has 0 saturated heterocycles. The summed E-state index contributed by atoms with van der Waals surface area (Å²) in [6.45, 7) is 1.70. The minimum absolute atomic E-state index is 0.0766. The summed E-state index contributed by atoms with van der Waals surface area (Å²) in [6.07, 6.45) is 0.277. The number of likely N-dealkylation sites (N-methyl/N-ethyl adjacent to an activating group) is 1. The number of nitrogens with zero attached hydrogens (tertiary/aromatic N) is 2. The van der Waals surface area contributed by atoms with E-state index in [9.17, 15) is 4.79 Å². The molecule has 90 valence electrons. The van der Waals surface area contributed by atoms with Gasteiger partial charge in [-0.05, 0) is 24.6 Å². The predicted molar refractivity (Wildman–Crippen MR) is 64.5 cm³/mol. The maximum Gasteiger partial charge on any atom is 0.227 e. The summed E-state index contributed by atoms with van der Waals surface area (Å²) < 4.78 is 5.09. The number of amides is 1. The Balaban J connectivity index is 2.71. The smallest absolute Gasteiger partial charge is 0.227 e. The summed E-state index contributed by atoms with van der Waals surface area (Å²) in [7, 11) is 3.22. The minimum atomic E-state index is -0.409. The molecular formula is C13H16N2O2. The summed E-state index contributed by atoms with van der Waals surface area (Å²) in [4.78, 5) is 13.3. The molecule has 4 nitrogen and oxygen atoms in total. The first-order chi connectivity index (χ1) is 8.08. The van der Waals surface area contributed by atoms with Gasteiger partial charge in [-0.15, -0.1) is 0 Å². The van der Waals surface area contributed by atoms with Crippen molar-refractivity contribution in [2.45, 2.75) is 19.4 Å². The number of ether oxygens (including phenoxy) is 1. The molecule has 0 radical (unpaired) electrons. The summed E-state index contributed by atoms with van der Waals surface area (Å²) in [6, 6.07) is 8.99. The van der Waals surface area contributed by atoms with Gasteiger partial charge in [0.25, 0.3) is 0 Å². The van der Waals surface area contributed by atoms with Crippen LogP contribution in [-0.2, 0) is 11.2 Å². The number of hydrogen-bond donors (Lipinski definition) is 0. The molecular weight excluding hydrogens is 216 g/mol. The summed E-state index contributed by atoms with van der Waals surface area (Å²) in [5, 5.41) is 8.74. The second-order valence-corrected chi connectivity index (χ2v) is 3.84. The maximum absolute atomic E-state index is 11.8. The molecule has 1 atom stereocenters. The van der Waals surface area contributed by atoms with Crippen LogP contribution in [0.3, 0.4) is 0 Å². The Labute approximate surface area is 101 Å². The van der Waals surface area contributed by atoms with Crippen LogP contribution in [0.4, 0.5) is 0 Å². The largest absolute Gasteiger partial charge is 0.497 e. The summed E-state index contributed by atoms with van der Waals surface area (Å²) in [5.74, 6) is 0.651. The lowest BCUT2D eigenvalue weighted by Gasteiger charge is -2.19. The third kappa shape index (κ3) is 3.49. The molecule has 17 heavy (non-hydrogen) atoms. The fourth-order valence-electron chi connectivity index (χ4n) is 1.38. The molecule has 4 heteroatoms. The Morgan fingerprint density at radius 3 is 2.88 bits per heavy atom. The van der Waals surface area contributed by atoms with Crippen LogP contribution in [0.1, 0.15) is 12.5 Å². The van der Waals surface area contributed by atoms with E-state index in [-0.39, 0.29) is 12.3 Å². The third-order valence-electron chi connectivity index (χ3n) is 2.65. The van der Waals surface area contributed by atoms with E-state index >= 15 is 0 Å². The zero-order valence-electron chi connectivity index (χ0n) is 10.3. The van der Waals surface area contributed by atoms with Gasteiger partial charge in [0.15, 0.2) is 0 Å². The van der Waals surface area contributed by atoms with Crippen molar-refractivity contribution in [1.82, 2.24) is 4.90 Å². The van der Waals surface area contributed by atoms with Crippen molar-refractivity contribution in [2.24, 2.45) is 0 Å².